The lowest BCUT2D eigenvalue weighted by Crippen LogP contribution is -2.72. The van der Waals surface area contributed by atoms with Crippen LogP contribution in [-0.4, -0.2) is 53.3 Å². The lowest BCUT2D eigenvalue weighted by Gasteiger charge is -2.28. The van der Waals surface area contributed by atoms with Gasteiger partial charge in [-0.25, -0.2) is 13.2 Å². The predicted octanol–water partition coefficient (Wildman–Crippen LogP) is 3.07. The number of nitrogens with one attached hydrogen (secondary N) is 2. The van der Waals surface area contributed by atoms with E-state index in [2.05, 4.69) is 15.4 Å². The molecule has 1 aromatic heterocycles. The van der Waals surface area contributed by atoms with Gasteiger partial charge in [-0.2, -0.15) is 10.4 Å². The number of carbonyl (C=O) groups excluding carboxylic acids is 1. The number of carbonyl (C=O) groups is 1. The molecule has 0 saturated carbocycles. The SMILES string of the molecule is Cc1ccc([NH2+]/N=C\C=N)c(C(=O)N2CCC(F)(F)[C@H]2CNc2nc3ccc(F)cc3o2)c1. The number of likely N-dealkylation sites (tertiary alicyclic amines) is 1. The highest BCUT2D eigenvalue weighted by Crippen LogP contribution is 2.36. The summed E-state index contributed by atoms with van der Waals surface area (Å²) in [5.41, 5.74) is 3.50. The molecule has 1 aliphatic heterocycles. The number of nitrogens with zero attached hydrogens (tertiary/aromatic N) is 3. The Balaban J connectivity index is 1.56. The van der Waals surface area contributed by atoms with Gasteiger partial charge >= 0.3 is 0 Å². The molecule has 1 fully saturated rings. The highest BCUT2D eigenvalue weighted by atomic mass is 19.3. The molecule has 0 unspecified atom stereocenters. The average molecular weight is 459 g/mol. The lowest BCUT2D eigenvalue weighted by molar-refractivity contribution is -0.577. The van der Waals surface area contributed by atoms with Crippen molar-refractivity contribution in [3.63, 3.8) is 0 Å². The zero-order valence-electron chi connectivity index (χ0n) is 17.7. The van der Waals surface area contributed by atoms with Crippen molar-refractivity contribution in [1.29, 1.82) is 5.41 Å². The summed E-state index contributed by atoms with van der Waals surface area (Å²) in [6, 6.07) is 7.44. The Hall–Kier alpha value is -3.73. The molecule has 2 heterocycles. The first-order chi connectivity index (χ1) is 15.8. The number of fused-ring (bicyclic) bond motifs is 1. The van der Waals surface area contributed by atoms with Crippen LogP contribution < -0.4 is 10.7 Å². The van der Waals surface area contributed by atoms with Gasteiger partial charge < -0.3 is 20.0 Å². The van der Waals surface area contributed by atoms with E-state index in [4.69, 9.17) is 9.83 Å². The lowest BCUT2D eigenvalue weighted by atomic mass is 10.1. The normalized spacial score (nSPS) is 17.7. The molecule has 0 aliphatic carbocycles. The number of anilines is 1. The molecule has 4 rings (SSSR count). The Morgan fingerprint density at radius 2 is 2.21 bits per heavy atom. The van der Waals surface area contributed by atoms with Crippen LogP contribution >= 0.6 is 0 Å². The maximum absolute atomic E-state index is 14.7. The van der Waals surface area contributed by atoms with E-state index in [1.54, 1.807) is 25.1 Å². The van der Waals surface area contributed by atoms with Gasteiger partial charge in [0, 0.05) is 37.9 Å². The molecule has 1 atom stereocenters. The molecule has 0 radical (unpaired) electrons. The third kappa shape index (κ3) is 4.72. The van der Waals surface area contributed by atoms with Crippen LogP contribution in [0.1, 0.15) is 22.3 Å². The van der Waals surface area contributed by atoms with Crippen LogP contribution in [0, 0.1) is 18.2 Å². The fraction of sp³-hybridized carbons (Fsp3) is 0.273. The number of oxazole rings is 1. The summed E-state index contributed by atoms with van der Waals surface area (Å²) in [4.78, 5) is 18.6. The van der Waals surface area contributed by atoms with Crippen LogP contribution in [-0.2, 0) is 0 Å². The molecule has 1 aliphatic rings. The molecule has 3 aromatic rings. The molecule has 1 saturated heterocycles. The van der Waals surface area contributed by atoms with Gasteiger partial charge in [0.1, 0.15) is 29.2 Å². The fourth-order valence-electron chi connectivity index (χ4n) is 3.77. The fourth-order valence-corrected chi connectivity index (χ4v) is 3.77. The number of quaternary nitrogens is 1. The largest absolute Gasteiger partial charge is 0.423 e. The highest BCUT2D eigenvalue weighted by Gasteiger charge is 2.51. The third-order valence-corrected chi connectivity index (χ3v) is 5.42. The van der Waals surface area contributed by atoms with E-state index >= 15 is 0 Å². The number of hydrogen-bond acceptors (Lipinski definition) is 6. The number of aryl methyl sites for hydroxylation is 1. The zero-order valence-corrected chi connectivity index (χ0v) is 17.7. The van der Waals surface area contributed by atoms with E-state index < -0.39 is 30.1 Å². The van der Waals surface area contributed by atoms with E-state index in [0.717, 1.165) is 22.7 Å². The first-order valence-electron chi connectivity index (χ1n) is 10.2. The zero-order chi connectivity index (χ0) is 23.6. The number of rotatable bonds is 7. The molecule has 11 heteroatoms. The van der Waals surface area contributed by atoms with E-state index in [-0.39, 0.29) is 30.3 Å². The summed E-state index contributed by atoms with van der Waals surface area (Å²) in [5, 5.41) is 13.7. The minimum atomic E-state index is -3.12. The Bertz CT molecular complexity index is 1230. The molecule has 8 nitrogen and oxygen atoms in total. The molecule has 0 bridgehead atoms. The maximum atomic E-state index is 14.7. The average Bonchev–Trinajstić information content (AvgIpc) is 3.31. The Morgan fingerprint density at radius 3 is 3.00 bits per heavy atom. The topological polar surface area (TPSA) is 111 Å². The van der Waals surface area contributed by atoms with Crippen molar-refractivity contribution in [1.82, 2.24) is 9.88 Å². The Labute approximate surface area is 187 Å². The number of amides is 1. The second-order valence-electron chi connectivity index (χ2n) is 7.72. The standard InChI is InChI=1S/C22H21F3N6O2/c1-13-2-4-16(30-28-8-7-26)15(10-13)20(32)31-9-6-22(24,25)19(31)12-27-21-29-17-5-3-14(23)11-18(17)33-21/h2-5,7-8,10-11,19,26,30H,6,9,12H2,1H3,(H,27,29)/p+1/b26-7?,28-8-/t19-/m1/s1. The van der Waals surface area contributed by atoms with Crippen LogP contribution in [0.15, 0.2) is 45.9 Å². The van der Waals surface area contributed by atoms with Crippen molar-refractivity contribution < 1.29 is 27.8 Å². The van der Waals surface area contributed by atoms with Gasteiger partial charge in [-0.3, -0.25) is 4.79 Å². The maximum Gasteiger partial charge on any atom is 0.295 e. The van der Waals surface area contributed by atoms with Crippen molar-refractivity contribution >= 4 is 41.1 Å². The molecule has 33 heavy (non-hydrogen) atoms. The van der Waals surface area contributed by atoms with Gasteiger partial charge in [0.25, 0.3) is 17.8 Å². The van der Waals surface area contributed by atoms with E-state index in [1.165, 1.54) is 23.8 Å². The second-order valence-corrected chi connectivity index (χ2v) is 7.72. The number of halogens is 3. The predicted molar refractivity (Wildman–Crippen MR) is 117 cm³/mol. The quantitative estimate of drug-likeness (QED) is 0.218. The summed E-state index contributed by atoms with van der Waals surface area (Å²) in [7, 11) is 0. The van der Waals surface area contributed by atoms with Crippen LogP contribution in [0.3, 0.4) is 0 Å². The first kappa shape index (κ1) is 22.5. The minimum absolute atomic E-state index is 0.0312. The van der Waals surface area contributed by atoms with E-state index in [0.29, 0.717) is 11.2 Å². The molecule has 0 spiro atoms. The minimum Gasteiger partial charge on any atom is -0.423 e. The Kier molecular flexibility index (Phi) is 6.14. The molecular weight excluding hydrogens is 437 g/mol. The van der Waals surface area contributed by atoms with Gasteiger partial charge in [0.2, 0.25) is 0 Å². The van der Waals surface area contributed by atoms with Gasteiger partial charge in [-0.05, 0) is 30.7 Å². The number of benzene rings is 2. The van der Waals surface area contributed by atoms with Crippen molar-refractivity contribution in [3.8, 4) is 0 Å². The summed E-state index contributed by atoms with van der Waals surface area (Å²) >= 11 is 0. The van der Waals surface area contributed by atoms with Gasteiger partial charge in [0.05, 0.1) is 0 Å². The van der Waals surface area contributed by atoms with Crippen molar-refractivity contribution in [2.24, 2.45) is 5.10 Å². The second kappa shape index (κ2) is 9.02. The number of nitrogens with two attached hydrogens (primary N) is 1. The van der Waals surface area contributed by atoms with Crippen molar-refractivity contribution in [3.05, 3.63) is 53.3 Å². The molecule has 4 N–H and O–H groups in total. The highest BCUT2D eigenvalue weighted by molar-refractivity contribution is 6.14. The molecule has 2 aromatic carbocycles. The van der Waals surface area contributed by atoms with E-state index in [9.17, 15) is 18.0 Å². The van der Waals surface area contributed by atoms with E-state index in [1.807, 2.05) is 0 Å². The molecule has 1 amide bonds. The summed E-state index contributed by atoms with van der Waals surface area (Å²) in [6.07, 6.45) is 1.77. The van der Waals surface area contributed by atoms with Crippen molar-refractivity contribution in [2.75, 3.05) is 18.4 Å². The summed E-state index contributed by atoms with van der Waals surface area (Å²) in [5.74, 6) is -4.16. The number of hydrogen-bond donors (Lipinski definition) is 3. The first-order valence-corrected chi connectivity index (χ1v) is 10.2. The van der Waals surface area contributed by atoms with Crippen LogP contribution in [0.25, 0.3) is 11.1 Å². The third-order valence-electron chi connectivity index (χ3n) is 5.42. The van der Waals surface area contributed by atoms with Crippen LogP contribution in [0.4, 0.5) is 24.9 Å². The molecule has 172 valence electrons. The van der Waals surface area contributed by atoms with Gasteiger partial charge in [0.15, 0.2) is 11.3 Å². The summed E-state index contributed by atoms with van der Waals surface area (Å²) < 4.78 is 48.2. The van der Waals surface area contributed by atoms with Gasteiger partial charge in [-0.15, -0.1) is 0 Å². The number of aromatic nitrogens is 1. The van der Waals surface area contributed by atoms with Crippen LogP contribution in [0.5, 0.6) is 0 Å². The monoisotopic (exact) mass is 459 g/mol. The van der Waals surface area contributed by atoms with Crippen molar-refractivity contribution in [2.45, 2.75) is 25.3 Å². The number of alkyl halides is 2. The van der Waals surface area contributed by atoms with Gasteiger partial charge in [-0.1, -0.05) is 11.2 Å². The summed E-state index contributed by atoms with van der Waals surface area (Å²) in [6.45, 7) is 1.38. The Morgan fingerprint density at radius 1 is 1.39 bits per heavy atom. The molecular formula is C22H22F3N6O2+. The smallest absolute Gasteiger partial charge is 0.295 e. The van der Waals surface area contributed by atoms with Crippen LogP contribution in [0.2, 0.25) is 0 Å².